The molecule has 1 heteroatoms. The summed E-state index contributed by atoms with van der Waals surface area (Å²) >= 11 is 0. The Labute approximate surface area is 92.9 Å². The van der Waals surface area contributed by atoms with E-state index in [1.807, 2.05) is 0 Å². The van der Waals surface area contributed by atoms with Gasteiger partial charge in [-0.25, -0.2) is 0 Å². The number of nitrogens with one attached hydrogen (secondary N) is 1. The lowest BCUT2D eigenvalue weighted by molar-refractivity contribution is 0.312. The van der Waals surface area contributed by atoms with Crippen LogP contribution in [0.15, 0.2) is 30.3 Å². The molecular formula is C14H21N. The third-order valence-electron chi connectivity index (χ3n) is 3.62. The fraction of sp³-hybridized carbons (Fsp3) is 0.571. The number of rotatable bonds is 3. The van der Waals surface area contributed by atoms with Gasteiger partial charge < -0.3 is 5.32 Å². The van der Waals surface area contributed by atoms with Crippen LogP contribution in [0.3, 0.4) is 0 Å². The molecule has 1 nitrogen and oxygen atoms in total. The van der Waals surface area contributed by atoms with Crippen molar-refractivity contribution in [2.45, 2.75) is 32.1 Å². The maximum atomic E-state index is 3.45. The van der Waals surface area contributed by atoms with Gasteiger partial charge in [0, 0.05) is 0 Å². The molecule has 0 aliphatic carbocycles. The molecule has 1 unspecified atom stereocenters. The van der Waals surface area contributed by atoms with Crippen LogP contribution >= 0.6 is 0 Å². The molecule has 0 spiro atoms. The van der Waals surface area contributed by atoms with Crippen LogP contribution in [0, 0.1) is 5.92 Å². The van der Waals surface area contributed by atoms with Gasteiger partial charge in [-0.05, 0) is 49.8 Å². The zero-order chi connectivity index (χ0) is 10.5. The molecule has 0 bridgehead atoms. The maximum absolute atomic E-state index is 3.45. The van der Waals surface area contributed by atoms with Crippen LogP contribution in [0.5, 0.6) is 0 Å². The SMILES string of the molecule is CCC(c1ccccc1)C1CCNCC1. The Morgan fingerprint density at radius 1 is 1.20 bits per heavy atom. The molecule has 1 aliphatic rings. The highest BCUT2D eigenvalue weighted by molar-refractivity contribution is 5.20. The van der Waals surface area contributed by atoms with Crippen molar-refractivity contribution in [3.63, 3.8) is 0 Å². The second-order valence-electron chi connectivity index (χ2n) is 4.51. The summed E-state index contributed by atoms with van der Waals surface area (Å²) in [5, 5.41) is 3.45. The highest BCUT2D eigenvalue weighted by Crippen LogP contribution is 2.33. The minimum absolute atomic E-state index is 0.772. The first-order valence-corrected chi connectivity index (χ1v) is 6.17. The summed E-state index contributed by atoms with van der Waals surface area (Å²) in [4.78, 5) is 0. The summed E-state index contributed by atoms with van der Waals surface area (Å²) in [6.45, 7) is 4.72. The van der Waals surface area contributed by atoms with Crippen molar-refractivity contribution in [1.82, 2.24) is 5.32 Å². The van der Waals surface area contributed by atoms with Gasteiger partial charge >= 0.3 is 0 Å². The van der Waals surface area contributed by atoms with Crippen molar-refractivity contribution in [1.29, 1.82) is 0 Å². The molecule has 1 aliphatic heterocycles. The molecule has 15 heavy (non-hydrogen) atoms. The fourth-order valence-corrected chi connectivity index (χ4v) is 2.79. The molecular weight excluding hydrogens is 182 g/mol. The van der Waals surface area contributed by atoms with Crippen LogP contribution in [0.4, 0.5) is 0 Å². The van der Waals surface area contributed by atoms with E-state index in [0.717, 1.165) is 11.8 Å². The molecule has 82 valence electrons. The standard InChI is InChI=1S/C14H21N/c1-2-14(12-6-4-3-5-7-12)13-8-10-15-11-9-13/h3-7,13-15H,2,8-11H2,1H3. The first kappa shape index (κ1) is 10.7. The van der Waals surface area contributed by atoms with E-state index in [1.165, 1.54) is 37.9 Å². The summed E-state index contributed by atoms with van der Waals surface area (Å²) in [6, 6.07) is 11.0. The van der Waals surface area contributed by atoms with E-state index in [0.29, 0.717) is 0 Å². The number of piperidine rings is 1. The van der Waals surface area contributed by atoms with Crippen LogP contribution in [0.25, 0.3) is 0 Å². The van der Waals surface area contributed by atoms with Gasteiger partial charge in [0.2, 0.25) is 0 Å². The average molecular weight is 203 g/mol. The van der Waals surface area contributed by atoms with E-state index in [-0.39, 0.29) is 0 Å². The van der Waals surface area contributed by atoms with E-state index in [2.05, 4.69) is 42.6 Å². The van der Waals surface area contributed by atoms with Gasteiger partial charge in [-0.2, -0.15) is 0 Å². The zero-order valence-corrected chi connectivity index (χ0v) is 9.58. The molecule has 2 rings (SSSR count). The van der Waals surface area contributed by atoms with Gasteiger partial charge in [0.1, 0.15) is 0 Å². The first-order valence-electron chi connectivity index (χ1n) is 6.17. The molecule has 0 amide bonds. The molecule has 1 saturated heterocycles. The minimum atomic E-state index is 0.772. The highest BCUT2D eigenvalue weighted by Gasteiger charge is 2.22. The smallest absolute Gasteiger partial charge is 0.00461 e. The van der Waals surface area contributed by atoms with E-state index in [1.54, 1.807) is 0 Å². The second-order valence-corrected chi connectivity index (χ2v) is 4.51. The lowest BCUT2D eigenvalue weighted by atomic mass is 9.79. The highest BCUT2D eigenvalue weighted by atomic mass is 14.9. The number of benzene rings is 1. The predicted molar refractivity (Wildman–Crippen MR) is 65.1 cm³/mol. The molecule has 1 aromatic rings. The zero-order valence-electron chi connectivity index (χ0n) is 9.58. The molecule has 0 aromatic heterocycles. The Morgan fingerprint density at radius 2 is 1.87 bits per heavy atom. The lowest BCUT2D eigenvalue weighted by Crippen LogP contribution is -2.30. The van der Waals surface area contributed by atoms with Crippen LogP contribution in [-0.4, -0.2) is 13.1 Å². The molecule has 0 radical (unpaired) electrons. The molecule has 1 fully saturated rings. The van der Waals surface area contributed by atoms with E-state index in [4.69, 9.17) is 0 Å². The Balaban J connectivity index is 2.09. The van der Waals surface area contributed by atoms with Gasteiger partial charge in [-0.3, -0.25) is 0 Å². The van der Waals surface area contributed by atoms with Crippen molar-refractivity contribution in [2.24, 2.45) is 5.92 Å². The quantitative estimate of drug-likeness (QED) is 0.795. The Hall–Kier alpha value is -0.820. The molecule has 1 heterocycles. The monoisotopic (exact) mass is 203 g/mol. The third kappa shape index (κ3) is 2.60. The first-order chi connectivity index (χ1) is 7.42. The summed E-state index contributed by atoms with van der Waals surface area (Å²) in [7, 11) is 0. The summed E-state index contributed by atoms with van der Waals surface area (Å²) < 4.78 is 0. The maximum Gasteiger partial charge on any atom is -0.00461 e. The van der Waals surface area contributed by atoms with Crippen LogP contribution in [0.2, 0.25) is 0 Å². The summed E-state index contributed by atoms with van der Waals surface area (Å²) in [5.74, 6) is 1.66. The Morgan fingerprint density at radius 3 is 2.47 bits per heavy atom. The lowest BCUT2D eigenvalue weighted by Gasteiger charge is -2.30. The minimum Gasteiger partial charge on any atom is -0.317 e. The van der Waals surface area contributed by atoms with E-state index in [9.17, 15) is 0 Å². The Bertz CT molecular complexity index is 275. The third-order valence-corrected chi connectivity index (χ3v) is 3.62. The normalized spacial score (nSPS) is 20.1. The molecule has 0 saturated carbocycles. The van der Waals surface area contributed by atoms with E-state index < -0.39 is 0 Å². The van der Waals surface area contributed by atoms with Crippen molar-refractivity contribution in [3.05, 3.63) is 35.9 Å². The molecule has 1 N–H and O–H groups in total. The summed E-state index contributed by atoms with van der Waals surface area (Å²) in [6.07, 6.45) is 3.95. The largest absolute Gasteiger partial charge is 0.317 e. The Kier molecular flexibility index (Phi) is 3.79. The van der Waals surface area contributed by atoms with Crippen molar-refractivity contribution < 1.29 is 0 Å². The van der Waals surface area contributed by atoms with Crippen molar-refractivity contribution in [2.75, 3.05) is 13.1 Å². The van der Waals surface area contributed by atoms with Gasteiger partial charge in [0.25, 0.3) is 0 Å². The molecule has 1 aromatic carbocycles. The van der Waals surface area contributed by atoms with Crippen molar-refractivity contribution >= 4 is 0 Å². The fourth-order valence-electron chi connectivity index (χ4n) is 2.79. The van der Waals surface area contributed by atoms with E-state index >= 15 is 0 Å². The second kappa shape index (κ2) is 5.32. The number of hydrogen-bond donors (Lipinski definition) is 1. The van der Waals surface area contributed by atoms with Gasteiger partial charge in [-0.1, -0.05) is 37.3 Å². The van der Waals surface area contributed by atoms with Gasteiger partial charge in [0.05, 0.1) is 0 Å². The predicted octanol–water partition coefficient (Wildman–Crippen LogP) is 3.18. The topological polar surface area (TPSA) is 12.0 Å². The van der Waals surface area contributed by atoms with Gasteiger partial charge in [-0.15, -0.1) is 0 Å². The molecule has 1 atom stereocenters. The number of hydrogen-bond acceptors (Lipinski definition) is 1. The van der Waals surface area contributed by atoms with Gasteiger partial charge in [0.15, 0.2) is 0 Å². The average Bonchev–Trinajstić information content (AvgIpc) is 2.33. The van der Waals surface area contributed by atoms with Crippen LogP contribution < -0.4 is 5.32 Å². The van der Waals surface area contributed by atoms with Crippen molar-refractivity contribution in [3.8, 4) is 0 Å². The van der Waals surface area contributed by atoms with Crippen LogP contribution in [0.1, 0.15) is 37.7 Å². The van der Waals surface area contributed by atoms with Crippen LogP contribution in [-0.2, 0) is 0 Å². The summed E-state index contributed by atoms with van der Waals surface area (Å²) in [5.41, 5.74) is 1.53.